The number of carbonyl (C=O) groups is 2. The number of nitrogens with zero attached hydrogens (tertiary/aromatic N) is 1. The number of carbonyl (C=O) groups excluding carboxylic acids is 2. The Bertz CT molecular complexity index is 797. The van der Waals surface area contributed by atoms with E-state index < -0.39 is 42.1 Å². The Hall–Kier alpha value is -1.11. The zero-order valence-corrected chi connectivity index (χ0v) is 18.2. The summed E-state index contributed by atoms with van der Waals surface area (Å²) in [6, 6.07) is 7.19. The molecule has 1 aromatic rings. The molecule has 2 amide bonds. The monoisotopic (exact) mass is 427 g/mol. The van der Waals surface area contributed by atoms with Crippen LogP contribution in [-0.2, 0) is 31.0 Å². The number of benzene rings is 1. The van der Waals surface area contributed by atoms with Gasteiger partial charge in [-0.1, -0.05) is 34.9 Å². The average Bonchev–Trinajstić information content (AvgIpc) is 2.59. The van der Waals surface area contributed by atoms with Crippen LogP contribution < -0.4 is 45.4 Å². The molecule has 1 unspecified atom stereocenters. The molecule has 0 saturated carbocycles. The van der Waals surface area contributed by atoms with E-state index >= 15 is 0 Å². The standard InChI is InChI=1S/C13H17N4O7PS.Na/c14-17-7-6-10(16-26(21,22)23)13(25-20,11(17)18)15-12(19)24-8-9-4-2-1-3-5-9;/h1-5,10,16H,6-8,14H2,(H,15,19)(H,21,22,23);/q;+1/t10-,13-;/m0./s1. The first-order chi connectivity index (χ1) is 12.2. The molecule has 4 N–H and O–H groups in total. The Morgan fingerprint density at radius 1 is 1.41 bits per heavy atom. The number of hydrogen-bond donors (Lipinski definition) is 3. The maximum absolute atomic E-state index is 12.4. The Morgan fingerprint density at radius 3 is 2.59 bits per heavy atom. The molecule has 1 aliphatic heterocycles. The van der Waals surface area contributed by atoms with Crippen molar-refractivity contribution in [1.29, 1.82) is 0 Å². The number of amides is 2. The van der Waals surface area contributed by atoms with E-state index in [-0.39, 0.29) is 49.1 Å². The van der Waals surface area contributed by atoms with Crippen molar-refractivity contribution in [3.05, 3.63) is 35.9 Å². The number of ether oxygens (including phenoxy) is 1. The van der Waals surface area contributed by atoms with Crippen LogP contribution in [0, 0.1) is 0 Å². The van der Waals surface area contributed by atoms with Crippen molar-refractivity contribution >= 4 is 30.8 Å². The third kappa shape index (κ3) is 6.19. The third-order valence-corrected chi connectivity index (χ3v) is 5.32. The zero-order valence-electron chi connectivity index (χ0n) is 14.4. The van der Waals surface area contributed by atoms with Crippen molar-refractivity contribution in [1.82, 2.24) is 15.0 Å². The van der Waals surface area contributed by atoms with Gasteiger partial charge in [0.2, 0.25) is 0 Å². The molecule has 14 heteroatoms. The fourth-order valence-corrected chi connectivity index (χ4v) is 3.97. The van der Waals surface area contributed by atoms with Gasteiger partial charge >= 0.3 is 55.3 Å². The average molecular weight is 427 g/mol. The summed E-state index contributed by atoms with van der Waals surface area (Å²) in [6.07, 6.45) is -1.24. The molecule has 1 heterocycles. The Morgan fingerprint density at radius 2 is 2.04 bits per heavy atom. The summed E-state index contributed by atoms with van der Waals surface area (Å²) >= 11 is 0. The maximum Gasteiger partial charge on any atom is 1.00 e. The fraction of sp³-hybridized carbons (Fsp3) is 0.385. The van der Waals surface area contributed by atoms with Crippen molar-refractivity contribution < 1.29 is 61.4 Å². The van der Waals surface area contributed by atoms with Gasteiger partial charge in [0.05, 0.1) is 0 Å². The zero-order chi connectivity index (χ0) is 19.4. The molecule has 0 aliphatic carbocycles. The minimum absolute atomic E-state index is 0. The van der Waals surface area contributed by atoms with E-state index in [0.29, 0.717) is 10.6 Å². The number of nitrogens with one attached hydrogen (secondary N) is 2. The second kappa shape index (κ2) is 9.89. The molecule has 1 aromatic carbocycles. The van der Waals surface area contributed by atoms with E-state index in [2.05, 4.69) is 5.32 Å². The van der Waals surface area contributed by atoms with Crippen LogP contribution in [0.5, 0.6) is 0 Å². The van der Waals surface area contributed by atoms with E-state index in [4.69, 9.17) is 10.6 Å². The van der Waals surface area contributed by atoms with Gasteiger partial charge < -0.3 is 9.29 Å². The third-order valence-electron chi connectivity index (χ3n) is 3.74. The second-order valence-corrected chi connectivity index (χ2v) is 7.65. The van der Waals surface area contributed by atoms with Gasteiger partial charge in [-0.2, -0.15) is 0 Å². The molecule has 1 aliphatic rings. The van der Waals surface area contributed by atoms with Crippen LogP contribution in [0.25, 0.3) is 0 Å². The number of rotatable bonds is 6. The van der Waals surface area contributed by atoms with Crippen molar-refractivity contribution in [2.75, 3.05) is 6.54 Å². The largest absolute Gasteiger partial charge is 1.00 e. The first kappa shape index (κ1) is 23.9. The fourth-order valence-electron chi connectivity index (χ4n) is 2.48. The first-order valence-corrected chi connectivity index (χ1v) is 9.67. The predicted molar refractivity (Wildman–Crippen MR) is 88.6 cm³/mol. The molecule has 2 rings (SSSR count). The van der Waals surface area contributed by atoms with Gasteiger partial charge in [0.25, 0.3) is 0 Å². The van der Waals surface area contributed by atoms with Gasteiger partial charge in [-0.3, -0.25) is 15.1 Å². The minimum Gasteiger partial charge on any atom is -0.735 e. The van der Waals surface area contributed by atoms with Gasteiger partial charge in [0.15, 0.2) is 10.3 Å². The molecule has 1 fully saturated rings. The molecule has 3 atom stereocenters. The summed E-state index contributed by atoms with van der Waals surface area (Å²) in [6.45, 7) is -0.234. The van der Waals surface area contributed by atoms with Gasteiger partial charge in [-0.05, 0) is 12.0 Å². The summed E-state index contributed by atoms with van der Waals surface area (Å²) in [7, 11) is -6.50. The molecule has 11 nitrogen and oxygen atoms in total. The normalized spacial score (nSPS) is 22.8. The summed E-state index contributed by atoms with van der Waals surface area (Å²) in [5.74, 6) is 4.49. The first-order valence-electron chi connectivity index (χ1n) is 7.36. The van der Waals surface area contributed by atoms with E-state index in [0.717, 1.165) is 0 Å². The molecule has 0 radical (unpaired) electrons. The molecular weight excluding hydrogens is 410 g/mol. The summed E-state index contributed by atoms with van der Waals surface area (Å²) in [4.78, 5) is 24.5. The molecule has 0 aromatic heterocycles. The summed E-state index contributed by atoms with van der Waals surface area (Å²) in [5.41, 5.74) is 0.661. The smallest absolute Gasteiger partial charge is 0.735 e. The number of nitrogens with two attached hydrogens (primary N) is 1. The van der Waals surface area contributed by atoms with Gasteiger partial charge in [-0.25, -0.2) is 23.8 Å². The van der Waals surface area contributed by atoms with Crippen LogP contribution in [0.4, 0.5) is 4.79 Å². The Balaban J connectivity index is 0.00000364. The quantitative estimate of drug-likeness (QED) is 0.136. The van der Waals surface area contributed by atoms with E-state index in [1.807, 2.05) is 0 Å². The van der Waals surface area contributed by atoms with Gasteiger partial charge in [0, 0.05) is 6.54 Å². The Labute approximate surface area is 179 Å². The van der Waals surface area contributed by atoms with Crippen LogP contribution in [0.2, 0.25) is 0 Å². The topological polar surface area (TPSA) is 171 Å². The van der Waals surface area contributed by atoms with Crippen LogP contribution in [0.1, 0.15) is 12.0 Å². The van der Waals surface area contributed by atoms with Crippen LogP contribution in [0.15, 0.2) is 30.3 Å². The van der Waals surface area contributed by atoms with Crippen molar-refractivity contribution in [3.8, 4) is 0 Å². The Kier molecular flexibility index (Phi) is 8.77. The minimum atomic E-state index is -4.97. The van der Waals surface area contributed by atoms with E-state index in [9.17, 15) is 27.1 Å². The van der Waals surface area contributed by atoms with Crippen molar-refractivity contribution in [3.63, 3.8) is 0 Å². The van der Waals surface area contributed by atoms with Crippen LogP contribution in [0.3, 0.4) is 0 Å². The van der Waals surface area contributed by atoms with Crippen LogP contribution in [-0.4, -0.2) is 47.8 Å². The molecule has 142 valence electrons. The second-order valence-electron chi connectivity index (χ2n) is 5.51. The number of piperidine rings is 1. The van der Waals surface area contributed by atoms with E-state index in [1.54, 1.807) is 35.1 Å². The molecule has 0 spiro atoms. The molecule has 27 heavy (non-hydrogen) atoms. The summed E-state index contributed by atoms with van der Waals surface area (Å²) in [5, 5.41) is 0.561. The molecular formula is C13H17N4NaO7PS+. The maximum atomic E-state index is 12.4. The SMILES string of the molecule is NN1CC[C@H](NS(=O)(=O)[O-])[C@](NC(=O)OCc2ccccc2)([PH+]=O)C1=O.[Na+]. The predicted octanol–water partition coefficient (Wildman–Crippen LogP) is -3.84. The summed E-state index contributed by atoms with van der Waals surface area (Å²) < 4.78 is 51.5. The van der Waals surface area contributed by atoms with Gasteiger partial charge in [0.1, 0.15) is 12.6 Å². The molecule has 1 saturated heterocycles. The number of alkyl carbamates (subject to hydrolysis) is 1. The number of hydrogen-bond acceptors (Lipinski definition) is 8. The van der Waals surface area contributed by atoms with Crippen LogP contribution >= 0.6 is 8.46 Å². The van der Waals surface area contributed by atoms with Gasteiger partial charge in [-0.15, -0.1) is 0 Å². The molecule has 0 bridgehead atoms. The van der Waals surface area contributed by atoms with Crippen molar-refractivity contribution in [2.24, 2.45) is 5.84 Å². The number of hydrazine groups is 1. The van der Waals surface area contributed by atoms with Crippen molar-refractivity contribution in [2.45, 2.75) is 24.3 Å². The van der Waals surface area contributed by atoms with E-state index in [1.165, 1.54) is 0 Å².